The summed E-state index contributed by atoms with van der Waals surface area (Å²) in [6, 6.07) is 14.2. The van der Waals surface area contributed by atoms with E-state index in [1.165, 1.54) is 12.1 Å². The molecule has 136 valence electrons. The minimum Gasteiger partial charge on any atom is -0.347 e. The first-order valence-electron chi connectivity index (χ1n) is 8.18. The van der Waals surface area contributed by atoms with Crippen molar-refractivity contribution in [1.82, 2.24) is 9.29 Å². The van der Waals surface area contributed by atoms with Crippen LogP contribution in [0.4, 0.5) is 5.69 Å². The summed E-state index contributed by atoms with van der Waals surface area (Å²) in [5, 5.41) is 12.3. The number of aromatic nitrogens is 1. The number of aryl methyl sites for hydroxylation is 2. The fourth-order valence-electron chi connectivity index (χ4n) is 2.99. The van der Waals surface area contributed by atoms with Gasteiger partial charge in [-0.15, -0.1) is 0 Å². The Morgan fingerprint density at radius 2 is 1.88 bits per heavy atom. The highest BCUT2D eigenvalue weighted by molar-refractivity contribution is 7.89. The van der Waals surface area contributed by atoms with Crippen LogP contribution in [0.3, 0.4) is 0 Å². The second-order valence-corrected chi connectivity index (χ2v) is 7.70. The quantitative estimate of drug-likeness (QED) is 0.391. The molecule has 0 saturated heterocycles. The van der Waals surface area contributed by atoms with E-state index >= 15 is 0 Å². The predicted molar refractivity (Wildman–Crippen MR) is 99.6 cm³/mol. The largest absolute Gasteiger partial charge is 0.347 e. The highest BCUT2D eigenvalue weighted by atomic mass is 32.2. The Hall–Kier alpha value is -2.71. The smallest absolute Gasteiger partial charge is 0.289 e. The van der Waals surface area contributed by atoms with Gasteiger partial charge in [-0.3, -0.25) is 10.1 Å². The molecule has 1 heterocycles. The van der Waals surface area contributed by atoms with Crippen LogP contribution in [0, 0.1) is 17.0 Å². The third-order valence-corrected chi connectivity index (χ3v) is 5.86. The van der Waals surface area contributed by atoms with Crippen LogP contribution in [0.15, 0.2) is 59.6 Å². The fraction of sp³-hybridized carbons (Fsp3) is 0.222. The van der Waals surface area contributed by atoms with Gasteiger partial charge in [-0.1, -0.05) is 30.3 Å². The molecular formula is C18H19N3O4S. The minimum absolute atomic E-state index is 0.195. The molecule has 8 heteroatoms. The summed E-state index contributed by atoms with van der Waals surface area (Å²) in [6.07, 6.45) is 2.53. The van der Waals surface area contributed by atoms with E-state index in [0.29, 0.717) is 18.5 Å². The highest BCUT2D eigenvalue weighted by Crippen LogP contribution is 2.26. The van der Waals surface area contributed by atoms with Gasteiger partial charge in [-0.2, -0.15) is 0 Å². The summed E-state index contributed by atoms with van der Waals surface area (Å²) < 4.78 is 29.6. The molecule has 26 heavy (non-hydrogen) atoms. The van der Waals surface area contributed by atoms with Gasteiger partial charge < -0.3 is 4.57 Å². The van der Waals surface area contributed by atoms with Crippen molar-refractivity contribution in [2.24, 2.45) is 0 Å². The number of hydrogen-bond acceptors (Lipinski definition) is 4. The van der Waals surface area contributed by atoms with Gasteiger partial charge in [0, 0.05) is 30.9 Å². The van der Waals surface area contributed by atoms with Crippen molar-refractivity contribution in [3.8, 4) is 0 Å². The molecular weight excluding hydrogens is 354 g/mol. The van der Waals surface area contributed by atoms with Gasteiger partial charge >= 0.3 is 0 Å². The Kier molecular flexibility index (Phi) is 5.06. The van der Waals surface area contributed by atoms with Crippen LogP contribution in [0.25, 0.3) is 10.9 Å². The van der Waals surface area contributed by atoms with Gasteiger partial charge in [-0.05, 0) is 36.4 Å². The topological polar surface area (TPSA) is 94.2 Å². The molecule has 0 unspecified atom stereocenters. The standard InChI is InChI=1S/C18H19N3O4S/c1-14-6-4-9-17(21(22)23)18(14)26(24,25)19-11-5-12-20-13-10-15-7-2-3-8-16(15)20/h2-4,6-10,13,19H,5,11-12H2,1H3. The van der Waals surface area contributed by atoms with Crippen molar-refractivity contribution >= 4 is 26.6 Å². The van der Waals surface area contributed by atoms with E-state index in [0.717, 1.165) is 10.9 Å². The highest BCUT2D eigenvalue weighted by Gasteiger charge is 2.27. The van der Waals surface area contributed by atoms with Crippen LogP contribution in [0.1, 0.15) is 12.0 Å². The Morgan fingerprint density at radius 1 is 1.12 bits per heavy atom. The molecule has 3 aromatic rings. The average molecular weight is 373 g/mol. The normalized spacial score (nSPS) is 11.7. The van der Waals surface area contributed by atoms with Crippen LogP contribution < -0.4 is 4.72 Å². The number of nitrogens with one attached hydrogen (secondary N) is 1. The molecule has 0 saturated carbocycles. The number of para-hydroxylation sites is 1. The third-order valence-electron chi connectivity index (χ3n) is 4.20. The summed E-state index contributed by atoms with van der Waals surface area (Å²) in [5.41, 5.74) is 1.03. The molecule has 0 fully saturated rings. The molecule has 1 N–H and O–H groups in total. The monoisotopic (exact) mass is 373 g/mol. The van der Waals surface area contributed by atoms with Crippen molar-refractivity contribution in [3.05, 3.63) is 70.4 Å². The molecule has 2 aromatic carbocycles. The molecule has 0 atom stereocenters. The number of nitrogens with zero attached hydrogens (tertiary/aromatic N) is 2. The molecule has 0 amide bonds. The zero-order valence-corrected chi connectivity index (χ0v) is 15.1. The van der Waals surface area contributed by atoms with Crippen molar-refractivity contribution in [2.45, 2.75) is 24.8 Å². The Morgan fingerprint density at radius 3 is 2.65 bits per heavy atom. The van der Waals surface area contributed by atoms with Crippen LogP contribution in [-0.4, -0.2) is 24.5 Å². The van der Waals surface area contributed by atoms with E-state index in [-0.39, 0.29) is 11.4 Å². The first-order valence-corrected chi connectivity index (χ1v) is 9.66. The number of rotatable bonds is 7. The molecule has 0 spiro atoms. The average Bonchev–Trinajstić information content (AvgIpc) is 3.01. The van der Waals surface area contributed by atoms with Crippen molar-refractivity contribution in [1.29, 1.82) is 0 Å². The molecule has 0 aliphatic heterocycles. The minimum atomic E-state index is -3.95. The van der Waals surface area contributed by atoms with Crippen LogP contribution in [-0.2, 0) is 16.6 Å². The van der Waals surface area contributed by atoms with E-state index in [1.54, 1.807) is 13.0 Å². The lowest BCUT2D eigenvalue weighted by molar-refractivity contribution is -0.387. The lowest BCUT2D eigenvalue weighted by atomic mass is 10.2. The van der Waals surface area contributed by atoms with Crippen molar-refractivity contribution < 1.29 is 13.3 Å². The van der Waals surface area contributed by atoms with Gasteiger partial charge in [0.1, 0.15) is 0 Å². The van der Waals surface area contributed by atoms with Crippen LogP contribution in [0.2, 0.25) is 0 Å². The van der Waals surface area contributed by atoms with E-state index < -0.39 is 20.6 Å². The second-order valence-electron chi connectivity index (χ2n) is 6.00. The van der Waals surface area contributed by atoms with Gasteiger partial charge in [0.15, 0.2) is 4.90 Å². The number of nitro benzene ring substituents is 1. The molecule has 0 aliphatic carbocycles. The van der Waals surface area contributed by atoms with Gasteiger partial charge in [-0.25, -0.2) is 13.1 Å². The predicted octanol–water partition coefficient (Wildman–Crippen LogP) is 3.23. The lowest BCUT2D eigenvalue weighted by Crippen LogP contribution is -2.27. The van der Waals surface area contributed by atoms with Crippen molar-refractivity contribution in [2.75, 3.05) is 6.54 Å². The summed E-state index contributed by atoms with van der Waals surface area (Å²) in [4.78, 5) is 10.2. The van der Waals surface area contributed by atoms with Crippen molar-refractivity contribution in [3.63, 3.8) is 0 Å². The molecule has 0 bridgehead atoms. The molecule has 7 nitrogen and oxygen atoms in total. The molecule has 0 radical (unpaired) electrons. The molecule has 0 aliphatic rings. The number of nitro groups is 1. The maximum absolute atomic E-state index is 12.5. The SMILES string of the molecule is Cc1cccc([N+](=O)[O-])c1S(=O)(=O)NCCCn1ccc2ccccc21. The summed E-state index contributed by atoms with van der Waals surface area (Å²) in [7, 11) is -3.95. The number of sulfonamides is 1. The van der Waals surface area contributed by atoms with E-state index in [2.05, 4.69) is 9.29 Å². The zero-order valence-electron chi connectivity index (χ0n) is 14.3. The third kappa shape index (κ3) is 3.61. The lowest BCUT2D eigenvalue weighted by Gasteiger charge is -2.10. The fourth-order valence-corrected chi connectivity index (χ4v) is 4.46. The number of fused-ring (bicyclic) bond motifs is 1. The summed E-state index contributed by atoms with van der Waals surface area (Å²) >= 11 is 0. The van der Waals surface area contributed by atoms with E-state index in [1.807, 2.05) is 36.5 Å². The number of benzene rings is 2. The van der Waals surface area contributed by atoms with Crippen LogP contribution in [0.5, 0.6) is 0 Å². The van der Waals surface area contributed by atoms with E-state index in [4.69, 9.17) is 0 Å². The Balaban J connectivity index is 1.69. The first kappa shape index (κ1) is 18.1. The van der Waals surface area contributed by atoms with E-state index in [9.17, 15) is 18.5 Å². The summed E-state index contributed by atoms with van der Waals surface area (Å²) in [6.45, 7) is 2.39. The summed E-state index contributed by atoms with van der Waals surface area (Å²) in [5.74, 6) is 0. The number of hydrogen-bond donors (Lipinski definition) is 1. The molecule has 1 aromatic heterocycles. The van der Waals surface area contributed by atoms with Gasteiger partial charge in [0.25, 0.3) is 5.69 Å². The Bertz CT molecular complexity index is 1060. The zero-order chi connectivity index (χ0) is 18.7. The molecule has 3 rings (SSSR count). The van der Waals surface area contributed by atoms with Gasteiger partial charge in [0.05, 0.1) is 4.92 Å². The van der Waals surface area contributed by atoms with Crippen LogP contribution >= 0.6 is 0 Å². The maximum Gasteiger partial charge on any atom is 0.289 e. The van der Waals surface area contributed by atoms with Gasteiger partial charge in [0.2, 0.25) is 10.0 Å². The first-order chi connectivity index (χ1) is 12.4. The Labute approximate surface area is 151 Å². The maximum atomic E-state index is 12.5. The second kappa shape index (κ2) is 7.27.